The lowest BCUT2D eigenvalue weighted by Gasteiger charge is -1.68. The zero-order chi connectivity index (χ0) is 5.86. The van der Waals surface area contributed by atoms with Crippen LogP contribution in [0, 0.1) is 0 Å². The molecule has 3 heteroatoms. The standard InChI is InChI=1S/C4H7O2P/c1-3-4(2)7(5)6/h3H,1-2H3/p+1. The van der Waals surface area contributed by atoms with Crippen molar-refractivity contribution in [3.8, 4) is 0 Å². The summed E-state index contributed by atoms with van der Waals surface area (Å²) in [5.74, 6) is 0. The van der Waals surface area contributed by atoms with Gasteiger partial charge in [-0.2, -0.15) is 4.89 Å². The molecule has 1 atom stereocenters. The fraction of sp³-hybridized carbons (Fsp3) is 0.500. The molecule has 0 heterocycles. The van der Waals surface area contributed by atoms with Gasteiger partial charge in [0.2, 0.25) is 0 Å². The Balaban J connectivity index is 3.82. The molecule has 0 saturated heterocycles. The lowest BCUT2D eigenvalue weighted by atomic mass is 10.6. The normalized spacial score (nSPS) is 14.1. The van der Waals surface area contributed by atoms with E-state index in [-0.39, 0.29) is 0 Å². The van der Waals surface area contributed by atoms with Gasteiger partial charge in [0.05, 0.1) is 0 Å². The van der Waals surface area contributed by atoms with Crippen LogP contribution in [0.25, 0.3) is 0 Å². The lowest BCUT2D eigenvalue weighted by molar-refractivity contribution is 0.509. The summed E-state index contributed by atoms with van der Waals surface area (Å²) < 4.78 is 10.0. The molecule has 0 aliphatic heterocycles. The van der Waals surface area contributed by atoms with Gasteiger partial charge in [-0.25, -0.2) is 0 Å². The van der Waals surface area contributed by atoms with Gasteiger partial charge in [0.1, 0.15) is 0 Å². The number of hydrogen-bond acceptors (Lipinski definition) is 1. The minimum absolute atomic E-state index is 0.537. The highest BCUT2D eigenvalue weighted by Gasteiger charge is 2.10. The van der Waals surface area contributed by atoms with Gasteiger partial charge in [0.15, 0.2) is 5.31 Å². The highest BCUT2D eigenvalue weighted by atomic mass is 31.1. The zero-order valence-electron chi connectivity index (χ0n) is 4.38. The van der Waals surface area contributed by atoms with Gasteiger partial charge in [-0.1, -0.05) is 0 Å². The van der Waals surface area contributed by atoms with Crippen LogP contribution < -0.4 is 0 Å². The average Bonchev–Trinajstić information content (AvgIpc) is 1.65. The molecule has 0 saturated carbocycles. The predicted molar refractivity (Wildman–Crippen MR) is 29.3 cm³/mol. The Bertz CT molecular complexity index is 106. The summed E-state index contributed by atoms with van der Waals surface area (Å²) in [4.78, 5) is 8.26. The van der Waals surface area contributed by atoms with Crippen molar-refractivity contribution in [1.82, 2.24) is 0 Å². The van der Waals surface area contributed by atoms with Crippen LogP contribution >= 0.6 is 8.03 Å². The second kappa shape index (κ2) is 2.89. The Morgan fingerprint density at radius 2 is 2.29 bits per heavy atom. The number of hydrogen-bond donors (Lipinski definition) is 1. The van der Waals surface area contributed by atoms with E-state index in [1.165, 1.54) is 0 Å². The number of allylic oxidation sites excluding steroid dienone is 2. The second-order valence-corrected chi connectivity index (χ2v) is 2.45. The minimum atomic E-state index is -2.05. The number of rotatable bonds is 1. The van der Waals surface area contributed by atoms with E-state index in [1.807, 2.05) is 0 Å². The lowest BCUT2D eigenvalue weighted by Crippen LogP contribution is -1.59. The Morgan fingerprint density at radius 1 is 1.86 bits per heavy atom. The van der Waals surface area contributed by atoms with Crippen LogP contribution in [-0.4, -0.2) is 4.89 Å². The predicted octanol–water partition coefficient (Wildman–Crippen LogP) is 1.64. The molecule has 2 nitrogen and oxygen atoms in total. The molecule has 0 aromatic rings. The largest absolute Gasteiger partial charge is 0.540 e. The maximum absolute atomic E-state index is 10.0. The molecule has 0 rings (SSSR count). The van der Waals surface area contributed by atoms with Crippen molar-refractivity contribution in [3.05, 3.63) is 11.4 Å². The summed E-state index contributed by atoms with van der Waals surface area (Å²) in [7, 11) is -2.05. The Labute approximate surface area is 43.7 Å². The summed E-state index contributed by atoms with van der Waals surface area (Å²) >= 11 is 0. The first-order valence-corrected chi connectivity index (χ1v) is 3.18. The maximum Gasteiger partial charge on any atom is 0.540 e. The molecule has 7 heavy (non-hydrogen) atoms. The van der Waals surface area contributed by atoms with Gasteiger partial charge in [0, 0.05) is 6.92 Å². The minimum Gasteiger partial charge on any atom is -0.156 e. The van der Waals surface area contributed by atoms with Crippen molar-refractivity contribution < 1.29 is 9.46 Å². The fourth-order valence-electron chi connectivity index (χ4n) is 0.110. The van der Waals surface area contributed by atoms with E-state index in [0.717, 1.165) is 0 Å². The third kappa shape index (κ3) is 2.49. The van der Waals surface area contributed by atoms with Gasteiger partial charge < -0.3 is 0 Å². The van der Waals surface area contributed by atoms with E-state index >= 15 is 0 Å². The van der Waals surface area contributed by atoms with Crippen LogP contribution in [0.2, 0.25) is 0 Å². The summed E-state index contributed by atoms with van der Waals surface area (Å²) in [5.41, 5.74) is 0. The summed E-state index contributed by atoms with van der Waals surface area (Å²) in [6.07, 6.45) is 1.62. The van der Waals surface area contributed by atoms with Crippen LogP contribution in [0.15, 0.2) is 11.4 Å². The Kier molecular flexibility index (Phi) is 2.81. The molecular weight excluding hydrogens is 111 g/mol. The first-order chi connectivity index (χ1) is 3.18. The third-order valence-corrected chi connectivity index (χ3v) is 1.58. The second-order valence-electron chi connectivity index (χ2n) is 1.20. The smallest absolute Gasteiger partial charge is 0.156 e. The molecule has 0 radical (unpaired) electrons. The monoisotopic (exact) mass is 119 g/mol. The first-order valence-electron chi connectivity index (χ1n) is 1.97. The molecule has 1 N–H and O–H groups in total. The van der Waals surface area contributed by atoms with Gasteiger partial charge in [0.25, 0.3) is 0 Å². The fourth-order valence-corrected chi connectivity index (χ4v) is 0.331. The molecule has 0 aliphatic carbocycles. The molecule has 0 aromatic carbocycles. The van der Waals surface area contributed by atoms with Crippen molar-refractivity contribution in [2.75, 3.05) is 0 Å². The van der Waals surface area contributed by atoms with Gasteiger partial charge >= 0.3 is 8.03 Å². The average molecular weight is 119 g/mol. The highest BCUT2D eigenvalue weighted by Crippen LogP contribution is 2.24. The van der Waals surface area contributed by atoms with Crippen molar-refractivity contribution in [2.24, 2.45) is 0 Å². The van der Waals surface area contributed by atoms with Crippen molar-refractivity contribution >= 4 is 8.03 Å². The molecule has 0 aromatic heterocycles. The zero-order valence-corrected chi connectivity index (χ0v) is 5.27. The van der Waals surface area contributed by atoms with Crippen LogP contribution in [0.4, 0.5) is 0 Å². The molecular formula is C4H8O2P+. The molecule has 40 valence electrons. The van der Waals surface area contributed by atoms with Crippen LogP contribution in [-0.2, 0) is 4.57 Å². The van der Waals surface area contributed by atoms with Gasteiger partial charge in [-0.15, -0.1) is 0 Å². The highest BCUT2D eigenvalue weighted by molar-refractivity contribution is 7.43. The molecule has 0 bridgehead atoms. The molecule has 0 spiro atoms. The van der Waals surface area contributed by atoms with E-state index in [4.69, 9.17) is 4.89 Å². The van der Waals surface area contributed by atoms with E-state index in [1.54, 1.807) is 19.9 Å². The van der Waals surface area contributed by atoms with E-state index in [2.05, 4.69) is 0 Å². The quantitative estimate of drug-likeness (QED) is 0.533. The topological polar surface area (TPSA) is 37.3 Å². The summed E-state index contributed by atoms with van der Waals surface area (Å²) in [5, 5.41) is 0.537. The van der Waals surface area contributed by atoms with E-state index in [0.29, 0.717) is 5.31 Å². The Hall–Kier alpha value is -0.200. The SMILES string of the molecule is CC=C(C)[P+](=O)O. The van der Waals surface area contributed by atoms with Crippen molar-refractivity contribution in [1.29, 1.82) is 0 Å². The molecule has 0 amide bonds. The van der Waals surface area contributed by atoms with Crippen molar-refractivity contribution in [3.63, 3.8) is 0 Å². The molecule has 0 aliphatic rings. The van der Waals surface area contributed by atoms with E-state index in [9.17, 15) is 4.57 Å². The molecule has 1 unspecified atom stereocenters. The summed E-state index contributed by atoms with van der Waals surface area (Å²) in [6, 6.07) is 0. The van der Waals surface area contributed by atoms with Gasteiger partial charge in [-0.3, -0.25) is 0 Å². The maximum atomic E-state index is 10.0. The van der Waals surface area contributed by atoms with E-state index < -0.39 is 8.03 Å². The van der Waals surface area contributed by atoms with Crippen LogP contribution in [0.1, 0.15) is 13.8 Å². The van der Waals surface area contributed by atoms with Crippen molar-refractivity contribution in [2.45, 2.75) is 13.8 Å². The van der Waals surface area contributed by atoms with Crippen LogP contribution in [0.5, 0.6) is 0 Å². The third-order valence-electron chi connectivity index (χ3n) is 0.720. The Morgan fingerprint density at radius 3 is 2.29 bits per heavy atom. The summed E-state index contributed by atoms with van der Waals surface area (Å²) in [6.45, 7) is 3.36. The van der Waals surface area contributed by atoms with Gasteiger partial charge in [-0.05, 0) is 17.6 Å². The molecule has 0 fully saturated rings. The first kappa shape index (κ1) is 6.80. The van der Waals surface area contributed by atoms with Crippen LogP contribution in [0.3, 0.4) is 0 Å².